The van der Waals surface area contributed by atoms with Crippen molar-refractivity contribution in [1.29, 1.82) is 0 Å². The molecule has 2 N–H and O–H groups in total. The molecule has 2 aliphatic rings. The molecule has 2 fully saturated rings. The number of rotatable bonds is 1. The first-order valence-corrected chi connectivity index (χ1v) is 6.67. The number of amides is 1. The van der Waals surface area contributed by atoms with Crippen LogP contribution in [0.3, 0.4) is 0 Å². The molecule has 0 aromatic heterocycles. The lowest BCUT2D eigenvalue weighted by atomic mass is 10.1. The van der Waals surface area contributed by atoms with Crippen molar-refractivity contribution < 1.29 is 4.79 Å². The van der Waals surface area contributed by atoms with E-state index >= 15 is 0 Å². The lowest BCUT2D eigenvalue weighted by Crippen LogP contribution is -2.54. The second-order valence-electron chi connectivity index (χ2n) is 5.03. The van der Waals surface area contributed by atoms with Gasteiger partial charge in [-0.25, -0.2) is 4.99 Å². The molecule has 2 heterocycles. The molecule has 3 rings (SSSR count). The third-order valence-electron chi connectivity index (χ3n) is 3.82. The minimum atomic E-state index is 0.281. The fourth-order valence-corrected chi connectivity index (χ4v) is 2.78. The molecule has 19 heavy (non-hydrogen) atoms. The number of aliphatic imine (C=N–C) groups is 1. The average molecular weight is 258 g/mol. The molecule has 1 unspecified atom stereocenters. The number of nitrogens with two attached hydrogens (primary N) is 1. The summed E-state index contributed by atoms with van der Waals surface area (Å²) in [5.41, 5.74) is 6.94. The summed E-state index contributed by atoms with van der Waals surface area (Å²) < 4.78 is 0. The van der Waals surface area contributed by atoms with Crippen molar-refractivity contribution in [3.05, 3.63) is 30.3 Å². The zero-order valence-corrected chi connectivity index (χ0v) is 10.8. The van der Waals surface area contributed by atoms with E-state index in [1.165, 1.54) is 0 Å². The largest absolute Gasteiger partial charge is 0.369 e. The van der Waals surface area contributed by atoms with Crippen molar-refractivity contribution in [2.75, 3.05) is 19.6 Å². The van der Waals surface area contributed by atoms with Gasteiger partial charge in [0.15, 0.2) is 5.96 Å². The summed E-state index contributed by atoms with van der Waals surface area (Å²) in [7, 11) is 0. The van der Waals surface area contributed by atoms with Crippen LogP contribution in [-0.2, 0) is 4.79 Å². The number of benzene rings is 1. The topological polar surface area (TPSA) is 61.9 Å². The summed E-state index contributed by atoms with van der Waals surface area (Å²) >= 11 is 0. The van der Waals surface area contributed by atoms with Gasteiger partial charge in [0.1, 0.15) is 0 Å². The molecule has 1 atom stereocenters. The molecule has 2 saturated heterocycles. The summed E-state index contributed by atoms with van der Waals surface area (Å²) in [6.07, 6.45) is 1.61. The first-order valence-electron chi connectivity index (χ1n) is 6.67. The van der Waals surface area contributed by atoms with Gasteiger partial charge < -0.3 is 15.5 Å². The third-order valence-corrected chi connectivity index (χ3v) is 3.82. The predicted molar refractivity (Wildman–Crippen MR) is 74.0 cm³/mol. The lowest BCUT2D eigenvalue weighted by Gasteiger charge is -2.38. The number of guanidine groups is 1. The first-order chi connectivity index (χ1) is 9.24. The van der Waals surface area contributed by atoms with Gasteiger partial charge >= 0.3 is 0 Å². The van der Waals surface area contributed by atoms with Crippen molar-refractivity contribution in [2.45, 2.75) is 18.9 Å². The molecule has 0 saturated carbocycles. The Morgan fingerprint density at radius 1 is 1.26 bits per heavy atom. The highest BCUT2D eigenvalue weighted by Crippen LogP contribution is 2.23. The van der Waals surface area contributed by atoms with Crippen LogP contribution in [-0.4, -0.2) is 47.3 Å². The Kier molecular flexibility index (Phi) is 3.11. The van der Waals surface area contributed by atoms with Crippen molar-refractivity contribution in [3.63, 3.8) is 0 Å². The van der Waals surface area contributed by atoms with E-state index in [4.69, 9.17) is 5.73 Å². The third kappa shape index (κ3) is 2.41. The van der Waals surface area contributed by atoms with E-state index in [9.17, 15) is 4.79 Å². The fourth-order valence-electron chi connectivity index (χ4n) is 2.78. The van der Waals surface area contributed by atoms with Gasteiger partial charge in [-0.1, -0.05) is 18.2 Å². The second kappa shape index (κ2) is 4.91. The van der Waals surface area contributed by atoms with Gasteiger partial charge in [0, 0.05) is 32.1 Å². The molecule has 0 spiro atoms. The molecule has 0 bridgehead atoms. The van der Waals surface area contributed by atoms with E-state index in [1.54, 1.807) is 0 Å². The SMILES string of the molecule is NC(=Nc1ccccc1)N1CCN2C(=O)CCC2C1. The quantitative estimate of drug-likeness (QED) is 0.602. The molecule has 1 aromatic rings. The summed E-state index contributed by atoms with van der Waals surface area (Å²) in [5, 5.41) is 0. The van der Waals surface area contributed by atoms with Crippen LogP contribution in [0.2, 0.25) is 0 Å². The summed E-state index contributed by atoms with van der Waals surface area (Å²) in [5.74, 6) is 0.827. The van der Waals surface area contributed by atoms with Crippen LogP contribution in [0, 0.1) is 0 Å². The second-order valence-corrected chi connectivity index (χ2v) is 5.03. The summed E-state index contributed by atoms with van der Waals surface area (Å²) in [6, 6.07) is 10.0. The Balaban J connectivity index is 1.70. The van der Waals surface area contributed by atoms with E-state index < -0.39 is 0 Å². The lowest BCUT2D eigenvalue weighted by molar-refractivity contribution is -0.130. The van der Waals surface area contributed by atoms with Crippen LogP contribution >= 0.6 is 0 Å². The Bertz CT molecular complexity index is 499. The maximum Gasteiger partial charge on any atom is 0.223 e. The Hall–Kier alpha value is -2.04. The molecule has 0 radical (unpaired) electrons. The number of hydrogen-bond acceptors (Lipinski definition) is 2. The Morgan fingerprint density at radius 3 is 2.84 bits per heavy atom. The number of para-hydroxylation sites is 1. The van der Waals surface area contributed by atoms with Crippen molar-refractivity contribution in [2.24, 2.45) is 10.7 Å². The predicted octanol–water partition coefficient (Wildman–Crippen LogP) is 0.939. The zero-order chi connectivity index (χ0) is 13.2. The number of carbonyl (C=O) groups excluding carboxylic acids is 1. The fraction of sp³-hybridized carbons (Fsp3) is 0.429. The maximum atomic E-state index is 11.6. The zero-order valence-electron chi connectivity index (χ0n) is 10.8. The highest BCUT2D eigenvalue weighted by Gasteiger charge is 2.35. The van der Waals surface area contributed by atoms with E-state index in [0.29, 0.717) is 18.4 Å². The van der Waals surface area contributed by atoms with Crippen LogP contribution < -0.4 is 5.73 Å². The van der Waals surface area contributed by atoms with Crippen LogP contribution in [0.5, 0.6) is 0 Å². The highest BCUT2D eigenvalue weighted by atomic mass is 16.2. The normalized spacial score (nSPS) is 23.7. The number of carbonyl (C=O) groups is 1. The minimum Gasteiger partial charge on any atom is -0.369 e. The van der Waals surface area contributed by atoms with E-state index in [-0.39, 0.29) is 5.91 Å². The molecular weight excluding hydrogens is 240 g/mol. The minimum absolute atomic E-state index is 0.281. The monoisotopic (exact) mass is 258 g/mol. The summed E-state index contributed by atoms with van der Waals surface area (Å²) in [4.78, 5) is 20.1. The van der Waals surface area contributed by atoms with Gasteiger partial charge in [0.25, 0.3) is 0 Å². The van der Waals surface area contributed by atoms with Crippen LogP contribution in [0.4, 0.5) is 5.69 Å². The van der Waals surface area contributed by atoms with Crippen LogP contribution in [0.15, 0.2) is 35.3 Å². The van der Waals surface area contributed by atoms with Gasteiger partial charge in [-0.05, 0) is 18.6 Å². The molecular formula is C14H18N4O. The molecule has 5 nitrogen and oxygen atoms in total. The van der Waals surface area contributed by atoms with E-state index in [2.05, 4.69) is 9.89 Å². The standard InChI is InChI=1S/C14H18N4O/c15-14(16-11-4-2-1-3-5-11)17-8-9-18-12(10-17)6-7-13(18)19/h1-5,12H,6-10H2,(H2,15,16). The van der Waals surface area contributed by atoms with Crippen molar-refractivity contribution in [1.82, 2.24) is 9.80 Å². The van der Waals surface area contributed by atoms with Crippen LogP contribution in [0.25, 0.3) is 0 Å². The molecule has 0 aliphatic carbocycles. The van der Waals surface area contributed by atoms with Gasteiger partial charge in [0.05, 0.1) is 5.69 Å². The highest BCUT2D eigenvalue weighted by molar-refractivity contribution is 5.82. The van der Waals surface area contributed by atoms with Crippen LogP contribution in [0.1, 0.15) is 12.8 Å². The van der Waals surface area contributed by atoms with Gasteiger partial charge in [0.2, 0.25) is 5.91 Å². The smallest absolute Gasteiger partial charge is 0.223 e. The molecule has 5 heteroatoms. The number of piperazine rings is 1. The first kappa shape index (κ1) is 12.0. The molecule has 100 valence electrons. The number of hydrogen-bond donors (Lipinski definition) is 1. The van der Waals surface area contributed by atoms with E-state index in [1.807, 2.05) is 35.2 Å². The Labute approximate surface area is 112 Å². The van der Waals surface area contributed by atoms with Gasteiger partial charge in [-0.3, -0.25) is 4.79 Å². The van der Waals surface area contributed by atoms with Crippen molar-refractivity contribution in [3.8, 4) is 0 Å². The average Bonchev–Trinajstić information content (AvgIpc) is 2.81. The van der Waals surface area contributed by atoms with Crippen molar-refractivity contribution >= 4 is 17.6 Å². The van der Waals surface area contributed by atoms with Gasteiger partial charge in [-0.2, -0.15) is 0 Å². The maximum absolute atomic E-state index is 11.6. The molecule has 1 aromatic carbocycles. The number of fused-ring (bicyclic) bond motifs is 1. The molecule has 2 aliphatic heterocycles. The molecule has 1 amide bonds. The van der Waals surface area contributed by atoms with Gasteiger partial charge in [-0.15, -0.1) is 0 Å². The number of nitrogens with zero attached hydrogens (tertiary/aromatic N) is 3. The van der Waals surface area contributed by atoms with E-state index in [0.717, 1.165) is 31.7 Å². The Morgan fingerprint density at radius 2 is 2.05 bits per heavy atom. The summed E-state index contributed by atoms with van der Waals surface area (Å²) in [6.45, 7) is 2.33.